The van der Waals surface area contributed by atoms with Gasteiger partial charge in [-0.3, -0.25) is 9.89 Å². The van der Waals surface area contributed by atoms with Crippen molar-refractivity contribution in [3.8, 4) is 0 Å². The highest BCUT2D eigenvalue weighted by Crippen LogP contribution is 2.14. The topological polar surface area (TPSA) is 35.8 Å². The van der Waals surface area contributed by atoms with Crippen molar-refractivity contribution in [1.29, 1.82) is 0 Å². The lowest BCUT2D eigenvalue weighted by atomic mass is 10.1. The Morgan fingerprint density at radius 2 is 1.73 bits per heavy atom. The zero-order valence-corrected chi connectivity index (χ0v) is 14.6. The third-order valence-electron chi connectivity index (χ3n) is 4.38. The van der Waals surface area contributed by atoms with Crippen LogP contribution in [-0.2, 0) is 0 Å². The van der Waals surface area contributed by atoms with Crippen molar-refractivity contribution in [1.82, 2.24) is 4.90 Å². The van der Waals surface area contributed by atoms with Crippen LogP contribution in [0.3, 0.4) is 0 Å². The number of aliphatic hydroxyl groups excluding tert-OH is 1. The van der Waals surface area contributed by atoms with Gasteiger partial charge in [0.05, 0.1) is 6.61 Å². The van der Waals surface area contributed by atoms with Crippen molar-refractivity contribution in [3.63, 3.8) is 0 Å². The second-order valence-electron chi connectivity index (χ2n) is 6.34. The van der Waals surface area contributed by atoms with Gasteiger partial charge in [0.15, 0.2) is 0 Å². The van der Waals surface area contributed by atoms with Crippen LogP contribution < -0.4 is 0 Å². The molecule has 1 heterocycles. The van der Waals surface area contributed by atoms with E-state index >= 15 is 0 Å². The molecule has 3 heteroatoms. The van der Waals surface area contributed by atoms with Gasteiger partial charge in [0.1, 0.15) is 6.17 Å². The molecule has 1 aliphatic heterocycles. The fourth-order valence-corrected chi connectivity index (χ4v) is 2.98. The second kappa shape index (κ2) is 14.0. The van der Waals surface area contributed by atoms with Crippen molar-refractivity contribution in [3.05, 3.63) is 12.2 Å². The first-order valence-corrected chi connectivity index (χ1v) is 9.40. The van der Waals surface area contributed by atoms with Gasteiger partial charge in [-0.25, -0.2) is 0 Å². The van der Waals surface area contributed by atoms with Gasteiger partial charge in [-0.05, 0) is 38.5 Å². The van der Waals surface area contributed by atoms with Gasteiger partial charge in [-0.15, -0.1) is 0 Å². The first kappa shape index (κ1) is 19.4. The Kier molecular flexibility index (Phi) is 12.3. The van der Waals surface area contributed by atoms with Gasteiger partial charge in [-0.2, -0.15) is 0 Å². The van der Waals surface area contributed by atoms with Crippen LogP contribution >= 0.6 is 0 Å². The lowest BCUT2D eigenvalue weighted by Gasteiger charge is -2.21. The Morgan fingerprint density at radius 3 is 2.45 bits per heavy atom. The van der Waals surface area contributed by atoms with Crippen LogP contribution in [0.5, 0.6) is 0 Å². The number of rotatable bonds is 14. The molecule has 0 saturated heterocycles. The molecule has 3 nitrogen and oxygen atoms in total. The standard InChI is InChI=1S/C19H36N2O/c1-2-3-4-5-6-7-8-9-10-11-12-13-14-19-20-15-16-21(19)17-18-22/h9-10,15,19,22H,2-8,11-14,16-18H2,1H3/b10-9+. The van der Waals surface area contributed by atoms with Gasteiger partial charge in [0.25, 0.3) is 0 Å². The minimum atomic E-state index is 0.237. The summed E-state index contributed by atoms with van der Waals surface area (Å²) in [6, 6.07) is 0. The van der Waals surface area contributed by atoms with Crippen molar-refractivity contribution >= 4 is 6.21 Å². The van der Waals surface area contributed by atoms with Crippen molar-refractivity contribution in [2.45, 2.75) is 83.7 Å². The molecule has 0 amide bonds. The molecule has 1 unspecified atom stereocenters. The minimum absolute atomic E-state index is 0.237. The molecule has 0 aliphatic carbocycles. The summed E-state index contributed by atoms with van der Waals surface area (Å²) in [5, 5.41) is 9.01. The van der Waals surface area contributed by atoms with Gasteiger partial charge in [0.2, 0.25) is 0 Å². The molecule has 0 saturated carbocycles. The predicted molar refractivity (Wildman–Crippen MR) is 96.5 cm³/mol. The Hall–Kier alpha value is -0.670. The number of allylic oxidation sites excluding steroid dienone is 2. The van der Waals surface area contributed by atoms with Gasteiger partial charge in [0, 0.05) is 19.3 Å². The second-order valence-corrected chi connectivity index (χ2v) is 6.34. The summed E-state index contributed by atoms with van der Waals surface area (Å²) >= 11 is 0. The zero-order valence-electron chi connectivity index (χ0n) is 14.6. The molecule has 0 spiro atoms. The Bertz CT molecular complexity index is 302. The van der Waals surface area contributed by atoms with Crippen LogP contribution in [0.25, 0.3) is 0 Å². The van der Waals surface area contributed by atoms with Crippen LogP contribution in [-0.4, -0.2) is 42.1 Å². The predicted octanol–water partition coefficient (Wildman–Crippen LogP) is 4.56. The average Bonchev–Trinajstić information content (AvgIpc) is 2.96. The molecule has 0 bridgehead atoms. The van der Waals surface area contributed by atoms with Gasteiger partial charge in [-0.1, -0.05) is 51.2 Å². The summed E-state index contributed by atoms with van der Waals surface area (Å²) < 4.78 is 0. The van der Waals surface area contributed by atoms with E-state index in [1.54, 1.807) is 0 Å². The summed E-state index contributed by atoms with van der Waals surface area (Å²) in [5.41, 5.74) is 0. The number of aliphatic hydroxyl groups is 1. The van der Waals surface area contributed by atoms with E-state index in [0.717, 1.165) is 19.5 Å². The summed E-state index contributed by atoms with van der Waals surface area (Å²) in [7, 11) is 0. The fourth-order valence-electron chi connectivity index (χ4n) is 2.98. The van der Waals surface area contributed by atoms with Crippen molar-refractivity contribution in [2.24, 2.45) is 4.99 Å². The largest absolute Gasteiger partial charge is 0.395 e. The molecule has 0 aromatic heterocycles. The third kappa shape index (κ3) is 9.37. The molecule has 0 fully saturated rings. The maximum Gasteiger partial charge on any atom is 0.102 e. The van der Waals surface area contributed by atoms with Crippen LogP contribution in [0, 0.1) is 0 Å². The quantitative estimate of drug-likeness (QED) is 0.377. The number of β-amino-alcohol motifs (C(OH)–C–C–N with tert-alkyl or cyclic N) is 1. The molecule has 0 aromatic carbocycles. The monoisotopic (exact) mass is 308 g/mol. The van der Waals surface area contributed by atoms with Crippen LogP contribution in [0.2, 0.25) is 0 Å². The van der Waals surface area contributed by atoms with E-state index in [2.05, 4.69) is 29.0 Å². The summed E-state index contributed by atoms with van der Waals surface area (Å²) in [4.78, 5) is 6.75. The summed E-state index contributed by atoms with van der Waals surface area (Å²) in [6.45, 7) is 4.17. The Morgan fingerprint density at radius 1 is 1.05 bits per heavy atom. The average molecular weight is 309 g/mol. The van der Waals surface area contributed by atoms with Gasteiger partial charge < -0.3 is 5.11 Å². The minimum Gasteiger partial charge on any atom is -0.395 e. The van der Waals surface area contributed by atoms with Crippen molar-refractivity contribution < 1.29 is 5.11 Å². The Balaban J connectivity index is 1.88. The van der Waals surface area contributed by atoms with Crippen molar-refractivity contribution in [2.75, 3.05) is 19.7 Å². The van der Waals surface area contributed by atoms with Gasteiger partial charge >= 0.3 is 0 Å². The van der Waals surface area contributed by atoms with E-state index in [1.807, 2.05) is 6.21 Å². The molecular weight excluding hydrogens is 272 g/mol. The molecule has 0 aromatic rings. The maximum atomic E-state index is 9.01. The fraction of sp³-hybridized carbons (Fsp3) is 0.842. The van der Waals surface area contributed by atoms with Crippen LogP contribution in [0.1, 0.15) is 77.6 Å². The number of hydrogen-bond donors (Lipinski definition) is 1. The highest BCUT2D eigenvalue weighted by Gasteiger charge is 2.19. The highest BCUT2D eigenvalue weighted by atomic mass is 16.3. The molecule has 22 heavy (non-hydrogen) atoms. The van der Waals surface area contributed by atoms with E-state index in [9.17, 15) is 0 Å². The van der Waals surface area contributed by atoms with E-state index in [1.165, 1.54) is 64.2 Å². The van der Waals surface area contributed by atoms with E-state index in [-0.39, 0.29) is 6.61 Å². The number of hydrogen-bond acceptors (Lipinski definition) is 3. The first-order valence-electron chi connectivity index (χ1n) is 9.40. The molecule has 128 valence electrons. The number of unbranched alkanes of at least 4 members (excludes halogenated alkanes) is 8. The molecular formula is C19H36N2O. The smallest absolute Gasteiger partial charge is 0.102 e. The summed E-state index contributed by atoms with van der Waals surface area (Å²) in [5.74, 6) is 0. The summed E-state index contributed by atoms with van der Waals surface area (Å²) in [6.07, 6.45) is 21.4. The number of nitrogens with zero attached hydrogens (tertiary/aromatic N) is 2. The highest BCUT2D eigenvalue weighted by molar-refractivity contribution is 5.62. The first-order chi connectivity index (χ1) is 10.9. The zero-order chi connectivity index (χ0) is 15.9. The van der Waals surface area contributed by atoms with E-state index in [0.29, 0.717) is 6.17 Å². The molecule has 1 aliphatic rings. The van der Waals surface area contributed by atoms with Crippen LogP contribution in [0.4, 0.5) is 0 Å². The SMILES string of the molecule is CCCCCCCC/C=C/CCCCC1N=CCN1CCO. The van der Waals surface area contributed by atoms with E-state index < -0.39 is 0 Å². The molecule has 1 N–H and O–H groups in total. The lowest BCUT2D eigenvalue weighted by molar-refractivity contribution is 0.176. The maximum absolute atomic E-state index is 9.01. The normalized spacial score (nSPS) is 18.7. The Labute approximate surface area is 137 Å². The number of aliphatic imine (C=N–C) groups is 1. The molecule has 0 radical (unpaired) electrons. The molecule has 1 rings (SSSR count). The lowest BCUT2D eigenvalue weighted by Crippen LogP contribution is -2.32. The van der Waals surface area contributed by atoms with E-state index in [4.69, 9.17) is 5.11 Å². The van der Waals surface area contributed by atoms with Crippen LogP contribution in [0.15, 0.2) is 17.1 Å². The third-order valence-corrected chi connectivity index (χ3v) is 4.38. The molecule has 1 atom stereocenters.